The summed E-state index contributed by atoms with van der Waals surface area (Å²) in [6, 6.07) is 9.42. The molecule has 2 aliphatic rings. The van der Waals surface area contributed by atoms with E-state index in [1.165, 1.54) is 6.92 Å². The first-order chi connectivity index (χ1) is 15.2. The Balaban J connectivity index is 1.51. The lowest BCUT2D eigenvalue weighted by molar-refractivity contribution is -0.114. The monoisotopic (exact) mass is 417 g/mol. The van der Waals surface area contributed by atoms with Crippen molar-refractivity contribution in [3.63, 3.8) is 0 Å². The SMILES string of the molecule is CC(=O)Nc1ccc(-c2nc3c(c(N4CCOCC4)n2)CN(c2ncccn2)C3)cc1. The molecular weight excluding hydrogens is 394 g/mol. The number of nitrogens with one attached hydrogen (secondary N) is 1. The van der Waals surface area contributed by atoms with Gasteiger partial charge in [0.1, 0.15) is 5.82 Å². The maximum atomic E-state index is 11.3. The molecule has 4 heterocycles. The van der Waals surface area contributed by atoms with Gasteiger partial charge in [0.15, 0.2) is 5.82 Å². The molecule has 3 aromatic rings. The summed E-state index contributed by atoms with van der Waals surface area (Å²) in [4.78, 5) is 34.3. The predicted molar refractivity (Wildman–Crippen MR) is 117 cm³/mol. The highest BCUT2D eigenvalue weighted by molar-refractivity contribution is 5.88. The smallest absolute Gasteiger partial charge is 0.225 e. The summed E-state index contributed by atoms with van der Waals surface area (Å²) < 4.78 is 5.54. The third-order valence-electron chi connectivity index (χ3n) is 5.37. The summed E-state index contributed by atoms with van der Waals surface area (Å²) >= 11 is 0. The van der Waals surface area contributed by atoms with Crippen LogP contribution in [0, 0.1) is 0 Å². The fraction of sp³-hybridized carbons (Fsp3) is 0.318. The molecule has 158 valence electrons. The predicted octanol–water partition coefficient (Wildman–Crippen LogP) is 2.25. The van der Waals surface area contributed by atoms with Crippen LogP contribution in [-0.2, 0) is 22.6 Å². The van der Waals surface area contributed by atoms with Gasteiger partial charge in [0.05, 0.1) is 32.0 Å². The number of morpholine rings is 1. The second kappa shape index (κ2) is 8.27. The van der Waals surface area contributed by atoms with Crippen molar-refractivity contribution < 1.29 is 9.53 Å². The molecule has 31 heavy (non-hydrogen) atoms. The van der Waals surface area contributed by atoms with Crippen LogP contribution < -0.4 is 15.1 Å². The molecule has 1 aromatic carbocycles. The van der Waals surface area contributed by atoms with Gasteiger partial charge in [-0.2, -0.15) is 0 Å². The van der Waals surface area contributed by atoms with Crippen LogP contribution in [0.3, 0.4) is 0 Å². The molecule has 5 rings (SSSR count). The van der Waals surface area contributed by atoms with E-state index in [9.17, 15) is 4.79 Å². The summed E-state index contributed by atoms with van der Waals surface area (Å²) in [5, 5.41) is 2.79. The minimum Gasteiger partial charge on any atom is -0.378 e. The lowest BCUT2D eigenvalue weighted by Crippen LogP contribution is -2.37. The van der Waals surface area contributed by atoms with Crippen LogP contribution in [0.2, 0.25) is 0 Å². The normalized spacial score (nSPS) is 15.6. The molecule has 1 saturated heterocycles. The fourth-order valence-electron chi connectivity index (χ4n) is 3.91. The van der Waals surface area contributed by atoms with Gasteiger partial charge < -0.3 is 19.9 Å². The van der Waals surface area contributed by atoms with E-state index in [4.69, 9.17) is 14.7 Å². The zero-order chi connectivity index (χ0) is 21.2. The molecule has 2 aliphatic heterocycles. The molecule has 9 heteroatoms. The standard InChI is InChI=1S/C22H23N7O2/c1-15(30)25-17-5-3-16(4-6-17)20-26-19-14-29(22-23-7-2-8-24-22)13-18(19)21(27-20)28-9-11-31-12-10-28/h2-8H,9-14H2,1H3,(H,25,30). The summed E-state index contributed by atoms with van der Waals surface area (Å²) in [5.41, 5.74) is 3.76. The Morgan fingerprint density at radius 2 is 1.74 bits per heavy atom. The van der Waals surface area contributed by atoms with Gasteiger partial charge >= 0.3 is 0 Å². The number of ether oxygens (including phenoxy) is 1. The Bertz CT molecular complexity index is 1080. The maximum Gasteiger partial charge on any atom is 0.225 e. The van der Waals surface area contributed by atoms with E-state index >= 15 is 0 Å². The van der Waals surface area contributed by atoms with E-state index in [1.54, 1.807) is 12.4 Å². The van der Waals surface area contributed by atoms with E-state index < -0.39 is 0 Å². The second-order valence-electron chi connectivity index (χ2n) is 7.56. The third-order valence-corrected chi connectivity index (χ3v) is 5.37. The number of hydrogen-bond acceptors (Lipinski definition) is 8. The van der Waals surface area contributed by atoms with Gasteiger partial charge in [-0.15, -0.1) is 0 Å². The van der Waals surface area contributed by atoms with Gasteiger partial charge in [0.25, 0.3) is 0 Å². The molecule has 0 atom stereocenters. The molecule has 0 bridgehead atoms. The number of benzene rings is 1. The molecule has 0 unspecified atom stereocenters. The topological polar surface area (TPSA) is 96.4 Å². The van der Waals surface area contributed by atoms with Gasteiger partial charge in [-0.05, 0) is 30.3 Å². The quantitative estimate of drug-likeness (QED) is 0.691. The first-order valence-electron chi connectivity index (χ1n) is 10.3. The molecule has 1 amide bonds. The van der Waals surface area contributed by atoms with Crippen LogP contribution in [0.1, 0.15) is 18.2 Å². The van der Waals surface area contributed by atoms with E-state index in [0.29, 0.717) is 38.1 Å². The zero-order valence-electron chi connectivity index (χ0n) is 17.3. The first-order valence-corrected chi connectivity index (χ1v) is 10.3. The molecule has 9 nitrogen and oxygen atoms in total. The molecule has 1 N–H and O–H groups in total. The molecule has 0 aliphatic carbocycles. The van der Waals surface area contributed by atoms with Crippen LogP contribution in [0.5, 0.6) is 0 Å². The largest absolute Gasteiger partial charge is 0.378 e. The second-order valence-corrected chi connectivity index (χ2v) is 7.56. The van der Waals surface area contributed by atoms with Crippen LogP contribution in [-0.4, -0.2) is 52.1 Å². The summed E-state index contributed by atoms with van der Waals surface area (Å²) in [6.45, 7) is 5.77. The van der Waals surface area contributed by atoms with Crippen molar-refractivity contribution in [2.45, 2.75) is 20.0 Å². The third kappa shape index (κ3) is 4.04. The summed E-state index contributed by atoms with van der Waals surface area (Å²) in [5.74, 6) is 2.21. The number of hydrogen-bond donors (Lipinski definition) is 1. The minimum atomic E-state index is -0.0978. The molecular formula is C22H23N7O2. The average molecular weight is 417 g/mol. The van der Waals surface area contributed by atoms with Crippen molar-refractivity contribution in [1.29, 1.82) is 0 Å². The minimum absolute atomic E-state index is 0.0978. The molecule has 0 spiro atoms. The Morgan fingerprint density at radius 1 is 1.00 bits per heavy atom. The molecule has 0 radical (unpaired) electrons. The van der Waals surface area contributed by atoms with E-state index in [0.717, 1.165) is 41.4 Å². The lowest BCUT2D eigenvalue weighted by Gasteiger charge is -2.29. The van der Waals surface area contributed by atoms with Crippen LogP contribution >= 0.6 is 0 Å². The molecule has 2 aromatic heterocycles. The lowest BCUT2D eigenvalue weighted by atomic mass is 10.1. The van der Waals surface area contributed by atoms with E-state index in [-0.39, 0.29) is 5.91 Å². The highest BCUT2D eigenvalue weighted by Gasteiger charge is 2.29. The number of aromatic nitrogens is 4. The number of rotatable bonds is 4. The highest BCUT2D eigenvalue weighted by Crippen LogP contribution is 2.33. The number of fused-ring (bicyclic) bond motifs is 1. The highest BCUT2D eigenvalue weighted by atomic mass is 16.5. The van der Waals surface area contributed by atoms with Crippen LogP contribution in [0.25, 0.3) is 11.4 Å². The number of carbonyl (C=O) groups is 1. The Morgan fingerprint density at radius 3 is 2.45 bits per heavy atom. The number of carbonyl (C=O) groups excluding carboxylic acids is 1. The van der Waals surface area contributed by atoms with Crippen molar-refractivity contribution in [1.82, 2.24) is 19.9 Å². The molecule has 0 saturated carbocycles. The van der Waals surface area contributed by atoms with Gasteiger partial charge in [-0.25, -0.2) is 19.9 Å². The van der Waals surface area contributed by atoms with Gasteiger partial charge in [0.2, 0.25) is 11.9 Å². The zero-order valence-corrected chi connectivity index (χ0v) is 17.3. The summed E-state index contributed by atoms with van der Waals surface area (Å²) in [6.07, 6.45) is 3.50. The number of amides is 1. The Labute approximate surface area is 180 Å². The van der Waals surface area contributed by atoms with Crippen molar-refractivity contribution in [2.75, 3.05) is 41.4 Å². The van der Waals surface area contributed by atoms with E-state index in [2.05, 4.69) is 25.1 Å². The van der Waals surface area contributed by atoms with Crippen molar-refractivity contribution in [3.05, 3.63) is 54.0 Å². The average Bonchev–Trinajstić information content (AvgIpc) is 3.24. The Hall–Kier alpha value is -3.59. The van der Waals surface area contributed by atoms with E-state index in [1.807, 2.05) is 30.3 Å². The molecule has 1 fully saturated rings. The summed E-state index contributed by atoms with van der Waals surface area (Å²) in [7, 11) is 0. The number of anilines is 3. The van der Waals surface area contributed by atoms with Crippen LogP contribution in [0.15, 0.2) is 42.7 Å². The van der Waals surface area contributed by atoms with Gasteiger partial charge in [-0.3, -0.25) is 4.79 Å². The Kier molecular flexibility index (Phi) is 5.17. The van der Waals surface area contributed by atoms with Gasteiger partial charge in [0, 0.05) is 49.2 Å². The maximum absolute atomic E-state index is 11.3. The van der Waals surface area contributed by atoms with Crippen LogP contribution in [0.4, 0.5) is 17.5 Å². The fourth-order valence-corrected chi connectivity index (χ4v) is 3.91. The van der Waals surface area contributed by atoms with Crippen molar-refractivity contribution in [2.24, 2.45) is 0 Å². The van der Waals surface area contributed by atoms with Crippen molar-refractivity contribution in [3.8, 4) is 11.4 Å². The van der Waals surface area contributed by atoms with Gasteiger partial charge in [-0.1, -0.05) is 0 Å². The number of nitrogens with zero attached hydrogens (tertiary/aromatic N) is 6. The first kappa shape index (κ1) is 19.4. The van der Waals surface area contributed by atoms with Crippen molar-refractivity contribution >= 4 is 23.4 Å².